The maximum atomic E-state index is 14.1. The lowest BCUT2D eigenvalue weighted by Gasteiger charge is -2.36. The Morgan fingerprint density at radius 3 is 2.54 bits per heavy atom. The number of hydrogen-bond acceptors (Lipinski definition) is 7. The van der Waals surface area contributed by atoms with Gasteiger partial charge in [-0.25, -0.2) is 4.98 Å². The second-order valence-corrected chi connectivity index (χ2v) is 12.4. The first-order chi connectivity index (χ1) is 19.6. The highest BCUT2D eigenvalue weighted by Gasteiger charge is 2.49. The lowest BCUT2D eigenvalue weighted by molar-refractivity contribution is -0.138. The Hall–Kier alpha value is -3.89. The highest BCUT2D eigenvalue weighted by molar-refractivity contribution is 7.13. The third-order valence-electron chi connectivity index (χ3n) is 8.45. The number of nitrogens with zero attached hydrogens (tertiary/aromatic N) is 4. The molecule has 3 aliphatic heterocycles. The Labute approximate surface area is 242 Å². The highest BCUT2D eigenvalue weighted by Crippen LogP contribution is 2.34. The zero-order valence-corrected chi connectivity index (χ0v) is 24.3. The monoisotopic (exact) mass is 571 g/mol. The summed E-state index contributed by atoms with van der Waals surface area (Å²) in [6.07, 6.45) is -0.514. The fourth-order valence-electron chi connectivity index (χ4n) is 6.21. The van der Waals surface area contributed by atoms with Gasteiger partial charge in [-0.3, -0.25) is 14.4 Å². The van der Waals surface area contributed by atoms with Crippen LogP contribution in [0.15, 0.2) is 59.0 Å². The Balaban J connectivity index is 1.24. The Bertz CT molecular complexity index is 1560. The van der Waals surface area contributed by atoms with Crippen LogP contribution in [0.4, 0.5) is 0 Å². The number of hydrogen-bond donors (Lipinski definition) is 2. The van der Waals surface area contributed by atoms with Crippen molar-refractivity contribution < 1.29 is 19.5 Å². The Morgan fingerprint density at radius 1 is 1.15 bits per heavy atom. The van der Waals surface area contributed by atoms with E-state index in [4.69, 9.17) is 0 Å². The summed E-state index contributed by atoms with van der Waals surface area (Å²) in [6.45, 7) is 8.06. The number of rotatable bonds is 6. The van der Waals surface area contributed by atoms with Crippen molar-refractivity contribution in [3.05, 3.63) is 76.4 Å². The van der Waals surface area contributed by atoms with E-state index in [1.165, 1.54) is 0 Å². The number of amidine groups is 1. The Kier molecular flexibility index (Phi) is 6.78. The van der Waals surface area contributed by atoms with Crippen LogP contribution in [0.1, 0.15) is 54.4 Å². The molecule has 0 aliphatic carbocycles. The minimum Gasteiger partial charge on any atom is -0.391 e. The van der Waals surface area contributed by atoms with E-state index in [1.54, 1.807) is 34.1 Å². The molecule has 2 aromatic carbocycles. The van der Waals surface area contributed by atoms with Crippen molar-refractivity contribution >= 4 is 34.9 Å². The molecule has 4 heterocycles. The van der Waals surface area contributed by atoms with Gasteiger partial charge in [0.25, 0.3) is 11.8 Å². The number of amides is 3. The second kappa shape index (κ2) is 10.2. The van der Waals surface area contributed by atoms with Crippen LogP contribution in [-0.4, -0.2) is 68.2 Å². The number of benzene rings is 2. The lowest BCUT2D eigenvalue weighted by atomic mass is 9.91. The summed E-state index contributed by atoms with van der Waals surface area (Å²) >= 11 is 1.57. The third kappa shape index (κ3) is 4.55. The van der Waals surface area contributed by atoms with Crippen LogP contribution in [0, 0.1) is 12.8 Å². The molecule has 0 bridgehead atoms. The number of nitrogens with one attached hydrogen (secondary N) is 1. The van der Waals surface area contributed by atoms with Crippen molar-refractivity contribution in [3.63, 3.8) is 0 Å². The van der Waals surface area contributed by atoms with Crippen LogP contribution >= 0.6 is 11.3 Å². The summed E-state index contributed by atoms with van der Waals surface area (Å²) in [6, 6.07) is 13.9. The number of aromatic nitrogens is 1. The standard InChI is InChI=1S/C31H33N5O4S/c1-17(2)25(36-14-20-7-5-6-8-23(20)28(36)38)29(39)35-15-22(37)13-24(35)27-33-30(40)31(4,34-27)21-11-9-19(10-12-21)26-18(3)32-16-41-26/h5-12,16-17,22,24-25,37H,13-15H2,1-4H3,(H,33,34,40). The number of aliphatic hydroxyl groups excluding tert-OH is 1. The summed E-state index contributed by atoms with van der Waals surface area (Å²) < 4.78 is 0. The van der Waals surface area contributed by atoms with E-state index in [1.807, 2.05) is 68.7 Å². The number of β-amino-alcohol motifs (C(OH)–C–C–N with tert-alkyl or cyclic N) is 1. The van der Waals surface area contributed by atoms with E-state index in [9.17, 15) is 19.5 Å². The van der Waals surface area contributed by atoms with E-state index in [2.05, 4.69) is 15.3 Å². The first-order valence-corrected chi connectivity index (χ1v) is 14.8. The predicted molar refractivity (Wildman–Crippen MR) is 156 cm³/mol. The van der Waals surface area contributed by atoms with E-state index >= 15 is 0 Å². The van der Waals surface area contributed by atoms with Crippen LogP contribution < -0.4 is 5.32 Å². The zero-order valence-electron chi connectivity index (χ0n) is 23.5. The molecule has 0 radical (unpaired) electrons. The first-order valence-electron chi connectivity index (χ1n) is 13.9. The van der Waals surface area contributed by atoms with Crippen molar-refractivity contribution in [2.75, 3.05) is 6.54 Å². The molecular formula is C31H33N5O4S. The summed E-state index contributed by atoms with van der Waals surface area (Å²) in [7, 11) is 0. The molecule has 0 saturated carbocycles. The molecule has 6 rings (SSSR count). The maximum Gasteiger partial charge on any atom is 0.277 e. The molecule has 3 aromatic rings. The Morgan fingerprint density at radius 2 is 1.88 bits per heavy atom. The minimum absolute atomic E-state index is 0.107. The lowest BCUT2D eigenvalue weighted by Crippen LogP contribution is -2.56. The fraction of sp³-hybridized carbons (Fsp3) is 0.387. The van der Waals surface area contributed by atoms with Crippen molar-refractivity contribution in [3.8, 4) is 10.4 Å². The summed E-state index contributed by atoms with van der Waals surface area (Å²) in [4.78, 5) is 53.7. The summed E-state index contributed by atoms with van der Waals surface area (Å²) in [5, 5.41) is 14.0. The first kappa shape index (κ1) is 27.3. The van der Waals surface area contributed by atoms with Gasteiger partial charge in [0.05, 0.1) is 28.2 Å². The second-order valence-electron chi connectivity index (χ2n) is 11.6. The van der Waals surface area contributed by atoms with E-state index in [0.717, 1.165) is 27.3 Å². The van der Waals surface area contributed by atoms with Crippen LogP contribution in [0.5, 0.6) is 0 Å². The normalized spacial score (nSPS) is 24.6. The zero-order chi connectivity index (χ0) is 29.1. The van der Waals surface area contributed by atoms with Gasteiger partial charge >= 0.3 is 0 Å². The molecule has 10 heteroatoms. The summed E-state index contributed by atoms with van der Waals surface area (Å²) in [5.74, 6) is -0.570. The quantitative estimate of drug-likeness (QED) is 0.468. The van der Waals surface area contributed by atoms with E-state index < -0.39 is 23.7 Å². The molecule has 9 nitrogen and oxygen atoms in total. The average Bonchev–Trinajstić information content (AvgIpc) is 3.71. The number of carbonyl (C=O) groups is 3. The van der Waals surface area contributed by atoms with Gasteiger partial charge in [0.15, 0.2) is 0 Å². The predicted octanol–water partition coefficient (Wildman–Crippen LogP) is 3.50. The van der Waals surface area contributed by atoms with Gasteiger partial charge < -0.3 is 20.2 Å². The smallest absolute Gasteiger partial charge is 0.277 e. The van der Waals surface area contributed by atoms with E-state index in [-0.39, 0.29) is 36.6 Å². The molecule has 2 N–H and O–H groups in total. The van der Waals surface area contributed by atoms with Crippen molar-refractivity contribution in [2.45, 2.75) is 64.4 Å². The van der Waals surface area contributed by atoms with Crippen molar-refractivity contribution in [1.82, 2.24) is 20.1 Å². The van der Waals surface area contributed by atoms with Gasteiger partial charge in [-0.1, -0.05) is 56.3 Å². The van der Waals surface area contributed by atoms with Crippen molar-refractivity contribution in [1.29, 1.82) is 0 Å². The largest absolute Gasteiger partial charge is 0.391 e. The molecule has 4 atom stereocenters. The highest BCUT2D eigenvalue weighted by atomic mass is 32.1. The van der Waals surface area contributed by atoms with E-state index in [0.29, 0.717) is 17.9 Å². The van der Waals surface area contributed by atoms with Crippen LogP contribution in [0.25, 0.3) is 10.4 Å². The van der Waals surface area contributed by atoms with Gasteiger partial charge in [-0.15, -0.1) is 11.3 Å². The fourth-order valence-corrected chi connectivity index (χ4v) is 7.02. The number of aliphatic imine (C=N–C) groups is 1. The number of aliphatic hydroxyl groups is 1. The van der Waals surface area contributed by atoms with Crippen LogP contribution in [0.2, 0.25) is 0 Å². The molecular weight excluding hydrogens is 538 g/mol. The average molecular weight is 572 g/mol. The number of carbonyl (C=O) groups excluding carboxylic acids is 3. The maximum absolute atomic E-state index is 14.1. The number of fused-ring (bicyclic) bond motifs is 1. The molecule has 4 unspecified atom stereocenters. The van der Waals surface area contributed by atoms with Crippen molar-refractivity contribution in [2.24, 2.45) is 10.9 Å². The third-order valence-corrected chi connectivity index (χ3v) is 9.42. The number of thiazole rings is 1. The molecule has 212 valence electrons. The molecule has 3 aliphatic rings. The van der Waals surface area contributed by atoms with Crippen LogP contribution in [0.3, 0.4) is 0 Å². The topological polar surface area (TPSA) is 115 Å². The molecule has 41 heavy (non-hydrogen) atoms. The number of aryl methyl sites for hydroxylation is 1. The SMILES string of the molecule is Cc1ncsc1-c1ccc(C2(C)NC(C3CC(O)CN3C(=O)C(C(C)C)N3Cc4ccccc4C3=O)=NC2=O)cc1. The van der Waals surface area contributed by atoms with Gasteiger partial charge in [-0.05, 0) is 42.5 Å². The van der Waals surface area contributed by atoms with Gasteiger partial charge in [0, 0.05) is 25.1 Å². The number of likely N-dealkylation sites (tertiary alicyclic amines) is 1. The minimum atomic E-state index is -1.11. The molecule has 1 fully saturated rings. The molecule has 1 saturated heterocycles. The van der Waals surface area contributed by atoms with Gasteiger partial charge in [-0.2, -0.15) is 4.99 Å². The summed E-state index contributed by atoms with van der Waals surface area (Å²) in [5.41, 5.74) is 4.95. The van der Waals surface area contributed by atoms with Gasteiger partial charge in [0.1, 0.15) is 17.4 Å². The molecule has 1 aromatic heterocycles. The van der Waals surface area contributed by atoms with Gasteiger partial charge in [0.2, 0.25) is 5.91 Å². The molecule has 3 amide bonds. The van der Waals surface area contributed by atoms with Crippen LogP contribution in [-0.2, 0) is 21.7 Å². The molecule has 0 spiro atoms.